The van der Waals surface area contributed by atoms with Crippen LogP contribution in [0.15, 0.2) is 42.5 Å². The average molecular weight is 406 g/mol. The number of nitrogens with zero attached hydrogens (tertiary/aromatic N) is 2. The fourth-order valence-corrected chi connectivity index (χ4v) is 4.76. The van der Waals surface area contributed by atoms with Crippen LogP contribution in [0.5, 0.6) is 0 Å². The van der Waals surface area contributed by atoms with Gasteiger partial charge in [-0.1, -0.05) is 12.1 Å². The molecule has 2 atom stereocenters. The number of nitrogens with one attached hydrogen (secondary N) is 2. The standard InChI is InChI=1S/C23H23FN4O2/c1-13-6-7-20(24)19-10-21(26-22(13)19)23(30)25-15-4-3-5-16(8-15)27-11-17-9-18(12-27)28(17)14(2)29/h3-8,10,17-18,26H,9,11-12H2,1-2H3,(H,25,30). The summed E-state index contributed by atoms with van der Waals surface area (Å²) in [5.41, 5.74) is 3.53. The van der Waals surface area contributed by atoms with Crippen molar-refractivity contribution in [2.24, 2.45) is 0 Å². The number of aromatic nitrogens is 1. The number of amides is 2. The molecule has 3 aliphatic rings. The van der Waals surface area contributed by atoms with Crippen molar-refractivity contribution in [3.05, 3.63) is 59.5 Å². The van der Waals surface area contributed by atoms with Crippen LogP contribution in [-0.4, -0.2) is 46.9 Å². The summed E-state index contributed by atoms with van der Waals surface area (Å²) >= 11 is 0. The number of halogens is 1. The number of rotatable bonds is 3. The molecule has 0 spiro atoms. The summed E-state index contributed by atoms with van der Waals surface area (Å²) in [4.78, 5) is 31.7. The van der Waals surface area contributed by atoms with Gasteiger partial charge in [0.2, 0.25) is 5.91 Å². The summed E-state index contributed by atoms with van der Waals surface area (Å²) < 4.78 is 14.1. The van der Waals surface area contributed by atoms with Crippen LogP contribution in [0.25, 0.3) is 10.9 Å². The number of benzene rings is 2. The van der Waals surface area contributed by atoms with E-state index in [1.165, 1.54) is 6.07 Å². The average Bonchev–Trinajstić information content (AvgIpc) is 3.18. The van der Waals surface area contributed by atoms with Crippen LogP contribution in [0.3, 0.4) is 0 Å². The summed E-state index contributed by atoms with van der Waals surface area (Å²) in [6, 6.07) is 12.9. The van der Waals surface area contributed by atoms with Crippen molar-refractivity contribution in [1.29, 1.82) is 0 Å². The lowest BCUT2D eigenvalue weighted by atomic mass is 9.87. The van der Waals surface area contributed by atoms with E-state index in [1.54, 1.807) is 19.1 Å². The molecule has 2 N–H and O–H groups in total. The molecule has 0 aliphatic carbocycles. The molecule has 30 heavy (non-hydrogen) atoms. The molecule has 154 valence electrons. The van der Waals surface area contributed by atoms with Crippen LogP contribution in [-0.2, 0) is 4.79 Å². The summed E-state index contributed by atoms with van der Waals surface area (Å²) in [6.07, 6.45) is 1.06. The maximum Gasteiger partial charge on any atom is 0.272 e. The highest BCUT2D eigenvalue weighted by atomic mass is 19.1. The first kappa shape index (κ1) is 18.7. The van der Waals surface area contributed by atoms with Gasteiger partial charge >= 0.3 is 0 Å². The predicted octanol–water partition coefficient (Wildman–Crippen LogP) is 3.68. The number of aryl methyl sites for hydroxylation is 1. The Morgan fingerprint density at radius 1 is 1.13 bits per heavy atom. The van der Waals surface area contributed by atoms with Crippen molar-refractivity contribution in [3.8, 4) is 0 Å². The number of anilines is 2. The number of fused-ring (bicyclic) bond motifs is 3. The van der Waals surface area contributed by atoms with Crippen molar-refractivity contribution in [2.75, 3.05) is 23.3 Å². The van der Waals surface area contributed by atoms with Gasteiger partial charge in [0.25, 0.3) is 5.91 Å². The van der Waals surface area contributed by atoms with Crippen molar-refractivity contribution >= 4 is 34.1 Å². The smallest absolute Gasteiger partial charge is 0.272 e. The Kier molecular flexibility index (Phi) is 4.27. The van der Waals surface area contributed by atoms with E-state index >= 15 is 0 Å². The fourth-order valence-electron chi connectivity index (χ4n) is 4.76. The lowest BCUT2D eigenvalue weighted by Crippen LogP contribution is -2.69. The van der Waals surface area contributed by atoms with Crippen LogP contribution < -0.4 is 10.2 Å². The third kappa shape index (κ3) is 3.01. The topological polar surface area (TPSA) is 68.4 Å². The van der Waals surface area contributed by atoms with Crippen molar-refractivity contribution in [1.82, 2.24) is 9.88 Å². The van der Waals surface area contributed by atoms with Gasteiger partial charge in [-0.25, -0.2) is 4.39 Å². The number of aromatic amines is 1. The molecule has 1 aromatic heterocycles. The lowest BCUT2D eigenvalue weighted by Gasteiger charge is -2.56. The summed E-state index contributed by atoms with van der Waals surface area (Å²) in [5.74, 6) is -0.524. The number of piperidine rings is 1. The van der Waals surface area contributed by atoms with Crippen molar-refractivity contribution in [2.45, 2.75) is 32.4 Å². The Bertz CT molecular complexity index is 1120. The zero-order valence-electron chi connectivity index (χ0n) is 16.9. The molecular weight excluding hydrogens is 383 g/mol. The quantitative estimate of drug-likeness (QED) is 0.697. The molecule has 2 aromatic carbocycles. The first-order valence-corrected chi connectivity index (χ1v) is 10.1. The number of carbonyl (C=O) groups is 2. The Balaban J connectivity index is 1.33. The van der Waals surface area contributed by atoms with E-state index in [0.717, 1.165) is 30.8 Å². The Morgan fingerprint density at radius 2 is 1.90 bits per heavy atom. The summed E-state index contributed by atoms with van der Waals surface area (Å²) in [5, 5.41) is 3.32. The highest BCUT2D eigenvalue weighted by Gasteiger charge is 2.45. The molecule has 7 heteroatoms. The van der Waals surface area contributed by atoms with E-state index in [2.05, 4.69) is 15.2 Å². The molecular formula is C23H23FN4O2. The first-order valence-electron chi connectivity index (χ1n) is 10.1. The van der Waals surface area contributed by atoms with E-state index in [4.69, 9.17) is 0 Å². The Hall–Kier alpha value is -3.35. The predicted molar refractivity (Wildman–Crippen MR) is 114 cm³/mol. The number of H-pyrrole nitrogens is 1. The maximum atomic E-state index is 14.1. The highest BCUT2D eigenvalue weighted by molar-refractivity contribution is 6.06. The number of piperazine rings is 1. The molecule has 6 rings (SSSR count). The molecule has 6 nitrogen and oxygen atoms in total. The van der Waals surface area contributed by atoms with Crippen molar-refractivity contribution < 1.29 is 14.0 Å². The Labute approximate surface area is 173 Å². The molecule has 2 bridgehead atoms. The van der Waals surface area contributed by atoms with Crippen LogP contribution in [0.4, 0.5) is 15.8 Å². The second-order valence-corrected chi connectivity index (χ2v) is 8.22. The van der Waals surface area contributed by atoms with E-state index in [-0.39, 0.29) is 29.7 Å². The van der Waals surface area contributed by atoms with Crippen LogP contribution in [0.1, 0.15) is 29.4 Å². The molecule has 2 amide bonds. The van der Waals surface area contributed by atoms with Gasteiger partial charge in [-0.15, -0.1) is 0 Å². The maximum absolute atomic E-state index is 14.1. The first-order chi connectivity index (χ1) is 14.4. The SMILES string of the molecule is CC(=O)N1C2CC1CN(c1cccc(NC(=O)c3cc4c(F)ccc(C)c4[nH]3)c1)C2. The van der Waals surface area contributed by atoms with Gasteiger partial charge < -0.3 is 20.1 Å². The van der Waals surface area contributed by atoms with Gasteiger partial charge in [0.05, 0.1) is 17.6 Å². The van der Waals surface area contributed by atoms with Gasteiger partial charge in [0.1, 0.15) is 11.5 Å². The van der Waals surface area contributed by atoms with Crippen LogP contribution in [0, 0.1) is 12.7 Å². The largest absolute Gasteiger partial charge is 0.367 e. The summed E-state index contributed by atoms with van der Waals surface area (Å²) in [6.45, 7) is 5.10. The second-order valence-electron chi connectivity index (χ2n) is 8.22. The third-order valence-electron chi connectivity index (χ3n) is 6.22. The van der Waals surface area contributed by atoms with Gasteiger partial charge in [-0.2, -0.15) is 0 Å². The highest BCUT2D eigenvalue weighted by Crippen LogP contribution is 2.35. The second kappa shape index (κ2) is 6.86. The van der Waals surface area contributed by atoms with Gasteiger partial charge in [-0.3, -0.25) is 9.59 Å². The zero-order chi connectivity index (χ0) is 21.0. The van der Waals surface area contributed by atoms with E-state index in [0.29, 0.717) is 22.3 Å². The molecule has 3 aromatic rings. The molecule has 2 unspecified atom stereocenters. The van der Waals surface area contributed by atoms with Crippen LogP contribution in [0.2, 0.25) is 0 Å². The van der Waals surface area contributed by atoms with E-state index in [1.807, 2.05) is 36.1 Å². The minimum absolute atomic E-state index is 0.141. The number of hydrogen-bond donors (Lipinski definition) is 2. The minimum Gasteiger partial charge on any atom is -0.367 e. The number of hydrogen-bond acceptors (Lipinski definition) is 3. The Morgan fingerprint density at radius 3 is 2.60 bits per heavy atom. The number of carbonyl (C=O) groups excluding carboxylic acids is 2. The molecule has 0 saturated carbocycles. The lowest BCUT2D eigenvalue weighted by molar-refractivity contribution is -0.143. The minimum atomic E-state index is -0.351. The van der Waals surface area contributed by atoms with Gasteiger partial charge in [0.15, 0.2) is 0 Å². The molecule has 4 heterocycles. The van der Waals surface area contributed by atoms with Gasteiger partial charge in [-0.05, 0) is 49.2 Å². The monoisotopic (exact) mass is 406 g/mol. The van der Waals surface area contributed by atoms with Gasteiger partial charge in [0, 0.05) is 36.8 Å². The molecule has 3 fully saturated rings. The van der Waals surface area contributed by atoms with E-state index in [9.17, 15) is 14.0 Å². The van der Waals surface area contributed by atoms with Crippen LogP contribution >= 0.6 is 0 Å². The molecule has 3 aliphatic heterocycles. The van der Waals surface area contributed by atoms with Crippen molar-refractivity contribution in [3.63, 3.8) is 0 Å². The normalized spacial score (nSPS) is 20.2. The zero-order valence-corrected chi connectivity index (χ0v) is 16.9. The third-order valence-corrected chi connectivity index (χ3v) is 6.22. The van der Waals surface area contributed by atoms with E-state index < -0.39 is 0 Å². The molecule has 3 saturated heterocycles. The summed E-state index contributed by atoms with van der Waals surface area (Å²) in [7, 11) is 0. The fraction of sp³-hybridized carbons (Fsp3) is 0.304. The molecule has 0 radical (unpaired) electrons.